The number of rotatable bonds is 9. The van der Waals surface area contributed by atoms with Crippen LogP contribution in [0, 0.1) is 5.95 Å². The van der Waals surface area contributed by atoms with E-state index < -0.39 is 17.9 Å². The molecule has 1 amide bonds. The molecule has 1 aliphatic carbocycles. The zero-order valence-corrected chi connectivity index (χ0v) is 20.5. The number of nitrogens with two attached hydrogens (primary N) is 1. The summed E-state index contributed by atoms with van der Waals surface area (Å²) in [5.41, 5.74) is 2.04. The molecule has 8 nitrogen and oxygen atoms in total. The smallest absolute Gasteiger partial charge is 0.274 e. The van der Waals surface area contributed by atoms with Crippen molar-refractivity contribution in [1.82, 2.24) is 19.9 Å². The molecular weight excluding hydrogens is 508 g/mol. The van der Waals surface area contributed by atoms with Gasteiger partial charge in [0.15, 0.2) is 17.1 Å². The topological polar surface area (TPSA) is 104 Å². The fourth-order valence-electron chi connectivity index (χ4n) is 4.02. The van der Waals surface area contributed by atoms with Crippen molar-refractivity contribution in [2.45, 2.75) is 31.2 Å². The summed E-state index contributed by atoms with van der Waals surface area (Å²) >= 11 is 12.3. The molecule has 2 aromatic carbocycles. The van der Waals surface area contributed by atoms with Gasteiger partial charge in [-0.2, -0.15) is 4.39 Å². The first-order chi connectivity index (χ1) is 17.4. The Morgan fingerprint density at radius 1 is 1.22 bits per heavy atom. The Morgan fingerprint density at radius 2 is 2.06 bits per heavy atom. The third kappa shape index (κ3) is 5.44. The van der Waals surface area contributed by atoms with E-state index in [9.17, 15) is 9.18 Å². The van der Waals surface area contributed by atoms with Crippen molar-refractivity contribution in [2.24, 2.45) is 5.90 Å². The second kappa shape index (κ2) is 10.4. The number of ether oxygens (including phenoxy) is 1. The van der Waals surface area contributed by atoms with Crippen molar-refractivity contribution >= 4 is 34.8 Å². The van der Waals surface area contributed by atoms with E-state index in [0.717, 1.165) is 34.6 Å². The van der Waals surface area contributed by atoms with Crippen LogP contribution < -0.4 is 16.0 Å². The lowest BCUT2D eigenvalue weighted by atomic mass is 10.1. The minimum Gasteiger partial charge on any atom is -0.453 e. The molecule has 0 spiro atoms. The second-order valence-corrected chi connectivity index (χ2v) is 9.44. The van der Waals surface area contributed by atoms with Crippen molar-refractivity contribution in [1.29, 1.82) is 0 Å². The highest BCUT2D eigenvalue weighted by Crippen LogP contribution is 2.41. The Balaban J connectivity index is 1.46. The van der Waals surface area contributed by atoms with Crippen LogP contribution in [0.5, 0.6) is 11.5 Å². The Kier molecular flexibility index (Phi) is 7.06. The van der Waals surface area contributed by atoms with Gasteiger partial charge in [-0.25, -0.2) is 15.4 Å². The number of fused-ring (bicyclic) bond motifs is 1. The highest BCUT2D eigenvalue weighted by atomic mass is 35.5. The Bertz CT molecular complexity index is 1430. The molecule has 0 aliphatic heterocycles. The first kappa shape index (κ1) is 24.5. The number of nitrogens with one attached hydrogen (secondary N) is 1. The van der Waals surface area contributed by atoms with E-state index in [1.807, 2.05) is 18.2 Å². The summed E-state index contributed by atoms with van der Waals surface area (Å²) in [6.07, 6.45) is 3.96. The second-order valence-electron chi connectivity index (χ2n) is 8.60. The Morgan fingerprint density at radius 3 is 2.81 bits per heavy atom. The lowest BCUT2D eigenvalue weighted by Gasteiger charge is -2.20. The molecule has 186 valence electrons. The number of nitrogens with zero attached hydrogens (tertiary/aromatic N) is 3. The summed E-state index contributed by atoms with van der Waals surface area (Å²) in [7, 11) is 0. The van der Waals surface area contributed by atoms with Crippen LogP contribution in [0.4, 0.5) is 4.39 Å². The number of hydrogen-bond donors (Lipinski definition) is 2. The van der Waals surface area contributed by atoms with Gasteiger partial charge in [0, 0.05) is 16.1 Å². The maximum atomic E-state index is 14.0. The molecule has 1 aliphatic rings. The fraction of sp³-hybridized carbons (Fsp3) is 0.240. The highest BCUT2D eigenvalue weighted by Gasteiger charge is 2.26. The van der Waals surface area contributed by atoms with Crippen LogP contribution >= 0.6 is 23.2 Å². The van der Waals surface area contributed by atoms with Crippen LogP contribution in [0.1, 0.15) is 40.4 Å². The number of aromatic nitrogens is 3. The van der Waals surface area contributed by atoms with Gasteiger partial charge in [-0.3, -0.25) is 4.79 Å². The molecule has 4 aromatic rings. The molecule has 1 unspecified atom stereocenters. The van der Waals surface area contributed by atoms with Gasteiger partial charge in [0.05, 0.1) is 18.8 Å². The number of hydrogen-bond acceptors (Lipinski definition) is 6. The van der Waals surface area contributed by atoms with E-state index in [1.54, 1.807) is 24.3 Å². The maximum absolute atomic E-state index is 14.0. The van der Waals surface area contributed by atoms with Gasteiger partial charge in [-0.15, -0.1) is 5.10 Å². The van der Waals surface area contributed by atoms with Gasteiger partial charge in [0.2, 0.25) is 5.95 Å². The predicted molar refractivity (Wildman–Crippen MR) is 133 cm³/mol. The maximum Gasteiger partial charge on any atom is 0.274 e. The molecule has 1 atom stereocenters. The average molecular weight is 530 g/mol. The van der Waals surface area contributed by atoms with E-state index in [2.05, 4.69) is 15.4 Å². The summed E-state index contributed by atoms with van der Waals surface area (Å²) in [6, 6.07) is 13.3. The van der Waals surface area contributed by atoms with Crippen LogP contribution in [-0.2, 0) is 11.3 Å². The number of benzene rings is 2. The van der Waals surface area contributed by atoms with Crippen molar-refractivity contribution in [3.05, 3.63) is 87.5 Å². The largest absolute Gasteiger partial charge is 0.453 e. The summed E-state index contributed by atoms with van der Waals surface area (Å²) in [5, 5.41) is 7.61. The van der Waals surface area contributed by atoms with Gasteiger partial charge in [0.25, 0.3) is 5.91 Å². The molecule has 0 saturated heterocycles. The van der Waals surface area contributed by atoms with E-state index in [4.69, 9.17) is 38.7 Å². The minimum atomic E-state index is -0.779. The number of halogens is 3. The third-order valence-electron chi connectivity index (χ3n) is 5.88. The molecule has 1 saturated carbocycles. The molecular formula is C25H22Cl2FN5O3. The highest BCUT2D eigenvalue weighted by molar-refractivity contribution is 6.35. The molecule has 0 bridgehead atoms. The van der Waals surface area contributed by atoms with Crippen LogP contribution in [0.15, 0.2) is 54.7 Å². The summed E-state index contributed by atoms with van der Waals surface area (Å²) in [6.45, 7) is -0.00792. The lowest BCUT2D eigenvalue weighted by Crippen LogP contribution is -2.41. The summed E-state index contributed by atoms with van der Waals surface area (Å²) < 4.78 is 21.2. The van der Waals surface area contributed by atoms with Crippen LogP contribution in [0.25, 0.3) is 5.65 Å². The van der Waals surface area contributed by atoms with Gasteiger partial charge < -0.3 is 14.9 Å². The van der Waals surface area contributed by atoms with E-state index in [1.165, 1.54) is 6.20 Å². The van der Waals surface area contributed by atoms with Gasteiger partial charge in [-0.05, 0) is 60.6 Å². The van der Waals surface area contributed by atoms with Crippen LogP contribution in [0.2, 0.25) is 10.0 Å². The van der Waals surface area contributed by atoms with E-state index in [-0.39, 0.29) is 23.7 Å². The zero-order valence-electron chi connectivity index (χ0n) is 19.0. The fourth-order valence-corrected chi connectivity index (χ4v) is 4.51. The van der Waals surface area contributed by atoms with Crippen LogP contribution in [-0.4, -0.2) is 33.2 Å². The molecule has 36 heavy (non-hydrogen) atoms. The predicted octanol–water partition coefficient (Wildman–Crippen LogP) is 5.08. The van der Waals surface area contributed by atoms with Gasteiger partial charge in [0.1, 0.15) is 5.75 Å². The van der Waals surface area contributed by atoms with E-state index >= 15 is 0 Å². The summed E-state index contributed by atoms with van der Waals surface area (Å²) in [4.78, 5) is 22.5. The van der Waals surface area contributed by atoms with E-state index in [0.29, 0.717) is 28.1 Å². The Labute approximate surface area is 216 Å². The molecule has 2 aromatic heterocycles. The third-order valence-corrected chi connectivity index (χ3v) is 6.47. The molecule has 1 fully saturated rings. The first-order valence-corrected chi connectivity index (χ1v) is 12.1. The van der Waals surface area contributed by atoms with Crippen molar-refractivity contribution in [2.75, 3.05) is 6.61 Å². The van der Waals surface area contributed by atoms with Gasteiger partial charge in [-0.1, -0.05) is 41.4 Å². The minimum absolute atomic E-state index is 0.00792. The zero-order chi connectivity index (χ0) is 25.2. The monoisotopic (exact) mass is 529 g/mol. The number of amides is 1. The average Bonchev–Trinajstić information content (AvgIpc) is 3.62. The summed E-state index contributed by atoms with van der Waals surface area (Å²) in [5.74, 6) is 5.15. The molecule has 2 heterocycles. The SMILES string of the molecule is NOCC(Cc1ccc(Cl)cc1Cl)NC(=O)c1c(Oc2cccc(C3CC3)c2)cnc2cc(F)nn12. The number of carbonyl (C=O) groups excluding carboxylic acids is 1. The molecule has 11 heteroatoms. The molecule has 3 N–H and O–H groups in total. The Hall–Kier alpha value is -3.24. The normalized spacial score (nSPS) is 14.1. The molecule has 0 radical (unpaired) electrons. The number of carbonyl (C=O) groups is 1. The molecule has 5 rings (SSSR count). The van der Waals surface area contributed by atoms with Gasteiger partial charge >= 0.3 is 0 Å². The van der Waals surface area contributed by atoms with Crippen molar-refractivity contribution in [3.63, 3.8) is 0 Å². The van der Waals surface area contributed by atoms with Crippen molar-refractivity contribution < 1.29 is 18.8 Å². The standard InChI is InChI=1S/C25H22Cl2FN5O3/c26-17-7-6-16(20(27)10-17)8-18(13-35-29)31-25(34)24-21(12-30-23-11-22(28)32-33(23)24)36-19-3-1-2-15(9-19)14-4-5-14/h1-3,6-7,9-12,14,18H,4-5,8,13,29H2,(H,31,34). The van der Waals surface area contributed by atoms with Crippen molar-refractivity contribution in [3.8, 4) is 11.5 Å². The lowest BCUT2D eigenvalue weighted by molar-refractivity contribution is 0.0831. The first-order valence-electron chi connectivity index (χ1n) is 11.3. The van der Waals surface area contributed by atoms with Crippen LogP contribution in [0.3, 0.4) is 0 Å². The quantitative estimate of drug-likeness (QED) is 0.293.